The van der Waals surface area contributed by atoms with Crippen LogP contribution in [-0.2, 0) is 4.84 Å². The van der Waals surface area contributed by atoms with Crippen LogP contribution in [0.5, 0.6) is 11.5 Å². The normalized spacial score (nSPS) is 16.7. The highest BCUT2D eigenvalue weighted by molar-refractivity contribution is 9.18. The number of hydrogen-bond donors (Lipinski definition) is 0. The molecule has 1 aliphatic rings. The lowest BCUT2D eigenvalue weighted by Crippen LogP contribution is -2.28. The number of para-hydroxylation sites is 2. The van der Waals surface area contributed by atoms with Gasteiger partial charge in [-0.2, -0.15) is 13.2 Å². The Bertz CT molecular complexity index is 595. The second-order valence-corrected chi connectivity index (χ2v) is 5.45. The van der Waals surface area contributed by atoms with Crippen LogP contribution in [0.2, 0.25) is 0 Å². The van der Waals surface area contributed by atoms with E-state index in [1.807, 2.05) is 60.7 Å². The predicted molar refractivity (Wildman–Crippen MR) is 84.9 cm³/mol. The molecule has 0 N–H and O–H groups in total. The molecular formula is C16H13BrF3NO2. The smallest absolute Gasteiger partial charge is 0.428 e. The zero-order chi connectivity index (χ0) is 16.7. The SMILES string of the molecule is FC(F)(F)C1CC(Br)=NO1.c1ccc(Oc2ccccc2)cc1. The lowest BCUT2D eigenvalue weighted by molar-refractivity contribution is -0.212. The van der Waals surface area contributed by atoms with Crippen molar-refractivity contribution in [2.45, 2.75) is 18.7 Å². The van der Waals surface area contributed by atoms with Gasteiger partial charge in [-0.15, -0.1) is 0 Å². The summed E-state index contributed by atoms with van der Waals surface area (Å²) in [5.74, 6) is 1.74. The van der Waals surface area contributed by atoms with Crippen molar-refractivity contribution in [1.82, 2.24) is 0 Å². The van der Waals surface area contributed by atoms with Gasteiger partial charge in [-0.05, 0) is 40.2 Å². The van der Waals surface area contributed by atoms with Crippen LogP contribution in [0, 0.1) is 0 Å². The van der Waals surface area contributed by atoms with E-state index in [0.29, 0.717) is 0 Å². The number of nitrogens with zero attached hydrogens (tertiary/aromatic N) is 1. The van der Waals surface area contributed by atoms with Gasteiger partial charge in [-0.3, -0.25) is 0 Å². The minimum Gasteiger partial charge on any atom is -0.457 e. The Labute approximate surface area is 139 Å². The summed E-state index contributed by atoms with van der Waals surface area (Å²) < 4.78 is 40.9. The summed E-state index contributed by atoms with van der Waals surface area (Å²) in [6.45, 7) is 0. The second kappa shape index (κ2) is 8.01. The van der Waals surface area contributed by atoms with Crippen molar-refractivity contribution in [1.29, 1.82) is 0 Å². The van der Waals surface area contributed by atoms with E-state index in [4.69, 9.17) is 4.74 Å². The van der Waals surface area contributed by atoms with Gasteiger partial charge in [0.15, 0.2) is 0 Å². The molecule has 0 aliphatic carbocycles. The minimum atomic E-state index is -4.31. The number of oxime groups is 1. The Balaban J connectivity index is 0.000000174. The van der Waals surface area contributed by atoms with Crippen LogP contribution in [0.15, 0.2) is 65.8 Å². The summed E-state index contributed by atoms with van der Waals surface area (Å²) in [6, 6.07) is 19.5. The van der Waals surface area contributed by atoms with Gasteiger partial charge in [-0.25, -0.2) is 0 Å². The van der Waals surface area contributed by atoms with Crippen molar-refractivity contribution in [3.63, 3.8) is 0 Å². The van der Waals surface area contributed by atoms with Gasteiger partial charge in [0.2, 0.25) is 6.10 Å². The summed E-state index contributed by atoms with van der Waals surface area (Å²) in [6.07, 6.45) is -6.29. The van der Waals surface area contributed by atoms with E-state index in [2.05, 4.69) is 25.9 Å². The van der Waals surface area contributed by atoms with Crippen molar-refractivity contribution in [3.05, 3.63) is 60.7 Å². The van der Waals surface area contributed by atoms with E-state index in [0.717, 1.165) is 11.5 Å². The van der Waals surface area contributed by atoms with Crippen LogP contribution in [0.4, 0.5) is 13.2 Å². The molecule has 0 bridgehead atoms. The first-order chi connectivity index (χ1) is 10.9. The van der Waals surface area contributed by atoms with Crippen molar-refractivity contribution in [2.24, 2.45) is 5.16 Å². The molecule has 3 rings (SSSR count). The Hall–Kier alpha value is -2.02. The minimum absolute atomic E-state index is 0.204. The van der Waals surface area contributed by atoms with Crippen LogP contribution in [0.3, 0.4) is 0 Å². The Morgan fingerprint density at radius 3 is 1.74 bits per heavy atom. The molecule has 2 aromatic carbocycles. The lowest BCUT2D eigenvalue weighted by atomic mass is 10.3. The molecule has 3 nitrogen and oxygen atoms in total. The van der Waals surface area contributed by atoms with Crippen LogP contribution >= 0.6 is 15.9 Å². The summed E-state index contributed by atoms with van der Waals surface area (Å²) in [5, 5.41) is 3.10. The summed E-state index contributed by atoms with van der Waals surface area (Å²) in [7, 11) is 0. The molecule has 0 spiro atoms. The number of halogens is 4. The van der Waals surface area contributed by atoms with Gasteiger partial charge in [0.05, 0.1) is 0 Å². The molecule has 0 saturated heterocycles. The maximum atomic E-state index is 11.7. The fourth-order valence-electron chi connectivity index (χ4n) is 1.64. The standard InChI is InChI=1S/C12H10O.C4H3BrF3NO/c1-3-7-11(8-4-1)13-12-9-5-2-6-10-12;5-3-1-2(10-9-3)4(6,7)8/h1-10H;2H,1H2. The summed E-state index contributed by atoms with van der Waals surface area (Å²) in [5.41, 5.74) is 0. The first-order valence-electron chi connectivity index (χ1n) is 6.68. The number of benzene rings is 2. The molecule has 0 radical (unpaired) electrons. The third-order valence-corrected chi connectivity index (χ3v) is 3.19. The van der Waals surface area contributed by atoms with Crippen LogP contribution in [0.25, 0.3) is 0 Å². The highest BCUT2D eigenvalue weighted by Gasteiger charge is 2.45. The summed E-state index contributed by atoms with van der Waals surface area (Å²) in [4.78, 5) is 4.05. The summed E-state index contributed by atoms with van der Waals surface area (Å²) >= 11 is 2.80. The number of rotatable bonds is 2. The molecule has 1 atom stereocenters. The first-order valence-corrected chi connectivity index (χ1v) is 7.47. The van der Waals surface area contributed by atoms with E-state index in [1.54, 1.807) is 0 Å². The van der Waals surface area contributed by atoms with Crippen LogP contribution in [0.1, 0.15) is 6.42 Å². The number of ether oxygens (including phenoxy) is 1. The highest BCUT2D eigenvalue weighted by Crippen LogP contribution is 2.30. The average Bonchev–Trinajstić information content (AvgIpc) is 2.97. The molecule has 0 amide bonds. The van der Waals surface area contributed by atoms with Crippen LogP contribution < -0.4 is 4.74 Å². The molecule has 7 heteroatoms. The van der Waals surface area contributed by atoms with Crippen molar-refractivity contribution >= 4 is 20.6 Å². The Morgan fingerprint density at radius 2 is 1.43 bits per heavy atom. The quantitative estimate of drug-likeness (QED) is 0.678. The zero-order valence-electron chi connectivity index (χ0n) is 11.8. The second-order valence-electron chi connectivity index (χ2n) is 4.54. The molecule has 1 aliphatic heterocycles. The Kier molecular flexibility index (Phi) is 6.04. The Morgan fingerprint density at radius 1 is 0.957 bits per heavy atom. The third kappa shape index (κ3) is 5.94. The van der Waals surface area contributed by atoms with E-state index in [-0.39, 0.29) is 11.0 Å². The number of alkyl halides is 3. The largest absolute Gasteiger partial charge is 0.457 e. The van der Waals surface area contributed by atoms with Gasteiger partial charge in [-0.1, -0.05) is 41.6 Å². The predicted octanol–water partition coefficient (Wildman–Crippen LogP) is 5.52. The van der Waals surface area contributed by atoms with Crippen molar-refractivity contribution in [3.8, 4) is 11.5 Å². The average molecular weight is 388 g/mol. The van der Waals surface area contributed by atoms with E-state index >= 15 is 0 Å². The molecule has 0 aromatic heterocycles. The maximum Gasteiger partial charge on any atom is 0.428 e. The van der Waals surface area contributed by atoms with Crippen LogP contribution in [-0.4, -0.2) is 16.9 Å². The molecule has 23 heavy (non-hydrogen) atoms. The van der Waals surface area contributed by atoms with Gasteiger partial charge in [0.25, 0.3) is 0 Å². The topological polar surface area (TPSA) is 30.8 Å². The van der Waals surface area contributed by atoms with Gasteiger partial charge >= 0.3 is 6.18 Å². The monoisotopic (exact) mass is 387 g/mol. The van der Waals surface area contributed by atoms with Crippen molar-refractivity contribution in [2.75, 3.05) is 0 Å². The zero-order valence-corrected chi connectivity index (χ0v) is 13.4. The van der Waals surface area contributed by atoms with Gasteiger partial charge in [0, 0.05) is 6.42 Å². The van der Waals surface area contributed by atoms with Crippen molar-refractivity contribution < 1.29 is 22.7 Å². The first kappa shape index (κ1) is 17.3. The molecular weight excluding hydrogens is 375 g/mol. The van der Waals surface area contributed by atoms with E-state index in [1.165, 1.54) is 0 Å². The van der Waals surface area contributed by atoms with Gasteiger partial charge < -0.3 is 9.57 Å². The third-order valence-electron chi connectivity index (χ3n) is 2.72. The molecule has 122 valence electrons. The lowest BCUT2D eigenvalue weighted by Gasteiger charge is -2.10. The molecule has 2 aromatic rings. The molecule has 0 fully saturated rings. The van der Waals surface area contributed by atoms with Gasteiger partial charge in [0.1, 0.15) is 16.1 Å². The fourth-order valence-corrected chi connectivity index (χ4v) is 2.01. The highest BCUT2D eigenvalue weighted by atomic mass is 79.9. The fraction of sp³-hybridized carbons (Fsp3) is 0.188. The molecule has 1 unspecified atom stereocenters. The molecule has 1 heterocycles. The van der Waals surface area contributed by atoms with E-state index < -0.39 is 12.3 Å². The molecule has 0 saturated carbocycles. The maximum absolute atomic E-state index is 11.7. The van der Waals surface area contributed by atoms with E-state index in [9.17, 15) is 13.2 Å². The number of hydrogen-bond acceptors (Lipinski definition) is 3.